The highest BCUT2D eigenvalue weighted by Gasteiger charge is 2.10. The molecule has 0 saturated carbocycles. The third kappa shape index (κ3) is 3.67. The van der Waals surface area contributed by atoms with Crippen LogP contribution in [0.5, 0.6) is 0 Å². The lowest BCUT2D eigenvalue weighted by molar-refractivity contribution is -0.140. The normalized spacial score (nSPS) is 9.61. The van der Waals surface area contributed by atoms with Gasteiger partial charge in [-0.05, 0) is 24.6 Å². The van der Waals surface area contributed by atoms with E-state index in [1.165, 1.54) is 19.2 Å². The van der Waals surface area contributed by atoms with E-state index < -0.39 is 5.82 Å². The van der Waals surface area contributed by atoms with Crippen LogP contribution in [0.15, 0.2) is 18.2 Å². The summed E-state index contributed by atoms with van der Waals surface area (Å²) in [6.07, 6.45) is 0.647. The molecule has 0 bridgehead atoms. The zero-order chi connectivity index (χ0) is 13.5. The number of Topliss-reactive ketones (excluding diaryl/α,β-unsaturated/α-hetero) is 1. The molecule has 1 aromatic carbocycles. The molecule has 0 amide bonds. The molecule has 0 N–H and O–H groups in total. The van der Waals surface area contributed by atoms with Crippen LogP contribution in [0.3, 0.4) is 0 Å². The van der Waals surface area contributed by atoms with Gasteiger partial charge in [0.25, 0.3) is 0 Å². The van der Waals surface area contributed by atoms with Crippen LogP contribution in [-0.4, -0.2) is 18.9 Å². The Kier molecular flexibility index (Phi) is 5.00. The van der Waals surface area contributed by atoms with Crippen LogP contribution in [0.2, 0.25) is 0 Å². The molecule has 94 valence electrons. The molecule has 0 atom stereocenters. The van der Waals surface area contributed by atoms with Gasteiger partial charge >= 0.3 is 5.97 Å². The molecule has 0 heterocycles. The summed E-state index contributed by atoms with van der Waals surface area (Å²) in [4.78, 5) is 22.5. The van der Waals surface area contributed by atoms with Crippen molar-refractivity contribution in [2.45, 2.75) is 19.3 Å². The van der Waals surface area contributed by atoms with E-state index >= 15 is 0 Å². The van der Waals surface area contributed by atoms with E-state index in [0.717, 1.165) is 6.07 Å². The number of hydrogen-bond donors (Lipinski definition) is 0. The standard InChI is InChI=1S/C13H12FNO3/c1-18-13(17)4-2-3-12(16)9-5-6-10(8-15)11(14)7-9/h5-7H,2-4H2,1H3. The maximum atomic E-state index is 13.3. The number of ether oxygens (including phenoxy) is 1. The molecule has 1 rings (SSSR count). The number of hydrogen-bond acceptors (Lipinski definition) is 4. The first-order valence-electron chi connectivity index (χ1n) is 5.38. The molecule has 0 fully saturated rings. The van der Waals surface area contributed by atoms with Crippen molar-refractivity contribution in [3.05, 3.63) is 35.1 Å². The maximum absolute atomic E-state index is 13.3. The number of nitrogens with zero attached hydrogens (tertiary/aromatic N) is 1. The number of nitriles is 1. The van der Waals surface area contributed by atoms with Crippen molar-refractivity contribution in [2.24, 2.45) is 0 Å². The summed E-state index contributed by atoms with van der Waals surface area (Å²) in [5.41, 5.74) is 0.109. The van der Waals surface area contributed by atoms with Crippen LogP contribution in [0, 0.1) is 17.1 Å². The second-order valence-electron chi connectivity index (χ2n) is 3.66. The van der Waals surface area contributed by atoms with Gasteiger partial charge in [0.1, 0.15) is 11.9 Å². The monoisotopic (exact) mass is 249 g/mol. The molecule has 0 unspecified atom stereocenters. The average molecular weight is 249 g/mol. The zero-order valence-corrected chi connectivity index (χ0v) is 9.90. The van der Waals surface area contributed by atoms with Gasteiger partial charge in [0.2, 0.25) is 0 Å². The van der Waals surface area contributed by atoms with E-state index in [1.54, 1.807) is 6.07 Å². The molecule has 0 aliphatic carbocycles. The number of carbonyl (C=O) groups excluding carboxylic acids is 2. The quantitative estimate of drug-likeness (QED) is 0.592. The molecule has 0 aliphatic heterocycles. The molecule has 0 spiro atoms. The summed E-state index contributed by atoms with van der Waals surface area (Å²) < 4.78 is 17.7. The summed E-state index contributed by atoms with van der Waals surface area (Å²) in [5, 5.41) is 8.55. The molecule has 1 aromatic rings. The molecule has 5 heteroatoms. The van der Waals surface area contributed by atoms with Gasteiger partial charge in [-0.25, -0.2) is 4.39 Å². The smallest absolute Gasteiger partial charge is 0.305 e. The molecule has 0 saturated heterocycles. The summed E-state index contributed by atoms with van der Waals surface area (Å²) >= 11 is 0. The molecule has 4 nitrogen and oxygen atoms in total. The molecule has 0 radical (unpaired) electrons. The van der Waals surface area contributed by atoms with E-state index in [-0.39, 0.29) is 35.7 Å². The van der Waals surface area contributed by atoms with Crippen LogP contribution in [0.1, 0.15) is 35.2 Å². The number of carbonyl (C=O) groups is 2. The SMILES string of the molecule is COC(=O)CCCC(=O)c1ccc(C#N)c(F)c1. The Hall–Kier alpha value is -2.22. The summed E-state index contributed by atoms with van der Waals surface area (Å²) in [6, 6.07) is 5.39. The number of esters is 1. The van der Waals surface area contributed by atoms with Crippen LogP contribution >= 0.6 is 0 Å². The van der Waals surface area contributed by atoms with Gasteiger partial charge in [-0.1, -0.05) is 0 Å². The van der Waals surface area contributed by atoms with Gasteiger partial charge in [-0.15, -0.1) is 0 Å². The minimum absolute atomic E-state index is 0.0962. The van der Waals surface area contributed by atoms with Gasteiger partial charge in [0.05, 0.1) is 12.7 Å². The van der Waals surface area contributed by atoms with Crippen LogP contribution in [0.4, 0.5) is 4.39 Å². The van der Waals surface area contributed by atoms with Crippen molar-refractivity contribution in [1.82, 2.24) is 0 Å². The van der Waals surface area contributed by atoms with Crippen LogP contribution in [-0.2, 0) is 9.53 Å². The fourth-order valence-electron chi connectivity index (χ4n) is 1.42. The Bertz CT molecular complexity index is 505. The Morgan fingerprint density at radius 1 is 1.39 bits per heavy atom. The minimum atomic E-state index is -0.712. The highest BCUT2D eigenvalue weighted by Crippen LogP contribution is 2.12. The van der Waals surface area contributed by atoms with Crippen molar-refractivity contribution in [2.75, 3.05) is 7.11 Å². The maximum Gasteiger partial charge on any atom is 0.305 e. The first-order chi connectivity index (χ1) is 8.58. The highest BCUT2D eigenvalue weighted by molar-refractivity contribution is 5.96. The van der Waals surface area contributed by atoms with Gasteiger partial charge in [0.15, 0.2) is 5.78 Å². The lowest BCUT2D eigenvalue weighted by atomic mass is 10.0. The highest BCUT2D eigenvalue weighted by atomic mass is 19.1. The third-order valence-corrected chi connectivity index (χ3v) is 2.42. The van der Waals surface area contributed by atoms with Crippen molar-refractivity contribution in [3.8, 4) is 6.07 Å². The van der Waals surface area contributed by atoms with E-state index in [9.17, 15) is 14.0 Å². The Labute approximate surface area is 104 Å². The lowest BCUT2D eigenvalue weighted by Crippen LogP contribution is -2.04. The van der Waals surface area contributed by atoms with Crippen molar-refractivity contribution in [1.29, 1.82) is 5.26 Å². The van der Waals surface area contributed by atoms with Crippen LogP contribution in [0.25, 0.3) is 0 Å². The summed E-state index contributed by atoms with van der Waals surface area (Å²) in [7, 11) is 1.28. The van der Waals surface area contributed by atoms with Gasteiger partial charge < -0.3 is 4.74 Å². The van der Waals surface area contributed by atoms with Crippen molar-refractivity contribution < 1.29 is 18.7 Å². The van der Waals surface area contributed by atoms with Gasteiger partial charge in [0, 0.05) is 18.4 Å². The van der Waals surface area contributed by atoms with E-state index in [4.69, 9.17) is 5.26 Å². The Morgan fingerprint density at radius 3 is 2.67 bits per heavy atom. The second kappa shape index (κ2) is 6.50. The van der Waals surface area contributed by atoms with Crippen molar-refractivity contribution >= 4 is 11.8 Å². The number of benzene rings is 1. The fraction of sp³-hybridized carbons (Fsp3) is 0.308. The number of rotatable bonds is 5. The first kappa shape index (κ1) is 13.8. The summed E-state index contributed by atoms with van der Waals surface area (Å²) in [5.74, 6) is -1.35. The fourth-order valence-corrected chi connectivity index (χ4v) is 1.42. The number of methoxy groups -OCH3 is 1. The lowest BCUT2D eigenvalue weighted by Gasteiger charge is -2.02. The van der Waals surface area contributed by atoms with Gasteiger partial charge in [-0.3, -0.25) is 9.59 Å². The van der Waals surface area contributed by atoms with Crippen LogP contribution < -0.4 is 0 Å². The van der Waals surface area contributed by atoms with E-state index in [1.807, 2.05) is 0 Å². The predicted octanol–water partition coefficient (Wildman–Crippen LogP) is 2.22. The second-order valence-corrected chi connectivity index (χ2v) is 3.66. The molecular formula is C13H12FNO3. The predicted molar refractivity (Wildman–Crippen MR) is 61.3 cm³/mol. The van der Waals surface area contributed by atoms with Gasteiger partial charge in [-0.2, -0.15) is 5.26 Å². The minimum Gasteiger partial charge on any atom is -0.469 e. The summed E-state index contributed by atoms with van der Waals surface area (Å²) in [6.45, 7) is 0. The topological polar surface area (TPSA) is 67.2 Å². The third-order valence-electron chi connectivity index (χ3n) is 2.42. The molecule has 18 heavy (non-hydrogen) atoms. The molecule has 0 aromatic heterocycles. The zero-order valence-electron chi connectivity index (χ0n) is 9.90. The van der Waals surface area contributed by atoms with E-state index in [2.05, 4.69) is 4.74 Å². The first-order valence-corrected chi connectivity index (χ1v) is 5.38. The largest absolute Gasteiger partial charge is 0.469 e. The van der Waals surface area contributed by atoms with Crippen molar-refractivity contribution in [3.63, 3.8) is 0 Å². The Morgan fingerprint density at radius 2 is 2.11 bits per heavy atom. The number of halogens is 1. The molecule has 0 aliphatic rings. The number of ketones is 1. The average Bonchev–Trinajstić information content (AvgIpc) is 2.38. The van der Waals surface area contributed by atoms with E-state index in [0.29, 0.717) is 6.42 Å². The molecular weight excluding hydrogens is 237 g/mol. The Balaban J connectivity index is 2.60.